The summed E-state index contributed by atoms with van der Waals surface area (Å²) in [6.45, 7) is 2.78. The number of halogens is 1. The summed E-state index contributed by atoms with van der Waals surface area (Å²) in [5.41, 5.74) is 1.11. The molecule has 0 saturated heterocycles. The van der Waals surface area contributed by atoms with Crippen LogP contribution >= 0.6 is 0 Å². The minimum Gasteiger partial charge on any atom is -0.449 e. The van der Waals surface area contributed by atoms with E-state index >= 15 is 0 Å². The summed E-state index contributed by atoms with van der Waals surface area (Å²) in [5.74, 6) is -1.31. The third kappa shape index (κ3) is 4.10. The molecule has 1 amide bonds. The highest BCUT2D eigenvalue weighted by Gasteiger charge is 2.24. The molecule has 0 fully saturated rings. The molecule has 0 aliphatic carbocycles. The van der Waals surface area contributed by atoms with Crippen molar-refractivity contribution in [1.29, 1.82) is 0 Å². The number of nitrogens with one attached hydrogen (secondary N) is 2. The molecule has 11 heteroatoms. The fourth-order valence-corrected chi connectivity index (χ4v) is 2.35. The van der Waals surface area contributed by atoms with Crippen LogP contribution in [0.15, 0.2) is 17.0 Å². The number of hydrogen-bond acceptors (Lipinski definition) is 6. The maximum absolute atomic E-state index is 13.7. The van der Waals surface area contributed by atoms with E-state index in [1.807, 2.05) is 0 Å². The topological polar surface area (TPSA) is 128 Å². The Hall–Kier alpha value is -2.27. The van der Waals surface area contributed by atoms with E-state index in [0.29, 0.717) is 6.07 Å². The van der Waals surface area contributed by atoms with Gasteiger partial charge in [0.2, 0.25) is 0 Å². The van der Waals surface area contributed by atoms with Crippen molar-refractivity contribution in [3.05, 3.63) is 33.6 Å². The number of hydrazine groups is 1. The van der Waals surface area contributed by atoms with Gasteiger partial charge in [0.05, 0.1) is 17.6 Å². The summed E-state index contributed by atoms with van der Waals surface area (Å²) in [5, 5.41) is 10.6. The fourth-order valence-electron chi connectivity index (χ4n) is 1.38. The van der Waals surface area contributed by atoms with Crippen LogP contribution in [0.25, 0.3) is 0 Å². The lowest BCUT2D eigenvalue weighted by molar-refractivity contribution is -0.385. The van der Waals surface area contributed by atoms with E-state index in [-0.39, 0.29) is 12.2 Å². The first-order chi connectivity index (χ1) is 9.69. The van der Waals surface area contributed by atoms with Crippen LogP contribution < -0.4 is 10.3 Å². The SMILES string of the molecule is CCOC(=O)NNS(=O)(=O)c1cc(C)c([N+](=O)[O-])cc1F. The van der Waals surface area contributed by atoms with Crippen LogP contribution in [0.2, 0.25) is 0 Å². The first-order valence-corrected chi connectivity index (χ1v) is 7.06. The number of carbonyl (C=O) groups excluding carboxylic acids is 1. The standard InChI is InChI=1S/C10H12FN3O6S/c1-3-20-10(15)12-13-21(18,19)9-4-6(2)8(14(16)17)5-7(9)11/h4-5,13H,3H2,1-2H3,(H,12,15). The Morgan fingerprint density at radius 3 is 2.62 bits per heavy atom. The van der Waals surface area contributed by atoms with Crippen LogP contribution in [0.3, 0.4) is 0 Å². The van der Waals surface area contributed by atoms with Crippen molar-refractivity contribution in [2.45, 2.75) is 18.7 Å². The van der Waals surface area contributed by atoms with Crippen molar-refractivity contribution >= 4 is 21.8 Å². The molecule has 0 atom stereocenters. The third-order valence-corrected chi connectivity index (χ3v) is 3.56. The van der Waals surface area contributed by atoms with Gasteiger partial charge in [0.15, 0.2) is 0 Å². The molecule has 0 radical (unpaired) electrons. The summed E-state index contributed by atoms with van der Waals surface area (Å²) < 4.78 is 41.7. The Morgan fingerprint density at radius 2 is 2.10 bits per heavy atom. The molecule has 0 aliphatic rings. The third-order valence-electron chi connectivity index (χ3n) is 2.30. The van der Waals surface area contributed by atoms with Crippen LogP contribution in [-0.2, 0) is 14.8 Å². The van der Waals surface area contributed by atoms with E-state index in [4.69, 9.17) is 0 Å². The van der Waals surface area contributed by atoms with Gasteiger partial charge in [-0.15, -0.1) is 4.83 Å². The number of amides is 1. The quantitative estimate of drug-likeness (QED) is 0.614. The van der Waals surface area contributed by atoms with Gasteiger partial charge in [-0.3, -0.25) is 10.1 Å². The predicted octanol–water partition coefficient (Wildman–Crippen LogP) is 0.982. The first kappa shape index (κ1) is 16.8. The molecule has 0 heterocycles. The number of aryl methyl sites for hydroxylation is 1. The van der Waals surface area contributed by atoms with E-state index in [9.17, 15) is 27.7 Å². The van der Waals surface area contributed by atoms with E-state index in [1.165, 1.54) is 13.8 Å². The lowest BCUT2D eigenvalue weighted by atomic mass is 10.2. The molecule has 1 rings (SSSR count). The monoisotopic (exact) mass is 321 g/mol. The second-order valence-corrected chi connectivity index (χ2v) is 5.43. The van der Waals surface area contributed by atoms with Crippen molar-refractivity contribution < 1.29 is 27.3 Å². The predicted molar refractivity (Wildman–Crippen MR) is 68.3 cm³/mol. The number of nitro groups is 1. The van der Waals surface area contributed by atoms with Gasteiger partial charge < -0.3 is 4.74 Å². The van der Waals surface area contributed by atoms with Crippen LogP contribution in [0.4, 0.5) is 14.9 Å². The van der Waals surface area contributed by atoms with Crippen molar-refractivity contribution in [2.24, 2.45) is 0 Å². The van der Waals surface area contributed by atoms with Crippen LogP contribution in [0.1, 0.15) is 12.5 Å². The lowest BCUT2D eigenvalue weighted by Gasteiger charge is -2.09. The smallest absolute Gasteiger partial charge is 0.422 e. The van der Waals surface area contributed by atoms with Gasteiger partial charge in [-0.2, -0.15) is 0 Å². The van der Waals surface area contributed by atoms with Gasteiger partial charge in [0.1, 0.15) is 10.7 Å². The summed E-state index contributed by atoms with van der Waals surface area (Å²) in [6.07, 6.45) is -1.07. The fraction of sp³-hybridized carbons (Fsp3) is 0.300. The minimum absolute atomic E-state index is 0.0125. The number of carbonyl (C=O) groups is 1. The van der Waals surface area contributed by atoms with E-state index in [0.717, 1.165) is 6.07 Å². The molecule has 0 bridgehead atoms. The van der Waals surface area contributed by atoms with Gasteiger partial charge >= 0.3 is 6.09 Å². The minimum atomic E-state index is -4.43. The Kier molecular flexibility index (Phi) is 5.16. The number of benzene rings is 1. The summed E-state index contributed by atoms with van der Waals surface area (Å²) in [4.78, 5) is 21.5. The molecule has 0 spiro atoms. The number of hydrogen-bond donors (Lipinski definition) is 2. The summed E-state index contributed by atoms with van der Waals surface area (Å²) in [6, 6.07) is 1.29. The second kappa shape index (κ2) is 6.45. The molecule has 0 unspecified atom stereocenters. The van der Waals surface area contributed by atoms with Crippen molar-refractivity contribution in [2.75, 3.05) is 6.61 Å². The highest BCUT2D eigenvalue weighted by molar-refractivity contribution is 7.89. The van der Waals surface area contributed by atoms with Gasteiger partial charge in [-0.1, -0.05) is 0 Å². The van der Waals surface area contributed by atoms with Gasteiger partial charge in [0, 0.05) is 5.56 Å². The molecule has 1 aromatic carbocycles. The Balaban J connectivity index is 3.07. The van der Waals surface area contributed by atoms with E-state index in [1.54, 1.807) is 10.3 Å². The van der Waals surface area contributed by atoms with Crippen molar-refractivity contribution in [3.8, 4) is 0 Å². The molecule has 0 saturated carbocycles. The lowest BCUT2D eigenvalue weighted by Crippen LogP contribution is -2.42. The maximum Gasteiger partial charge on any atom is 0.422 e. The van der Waals surface area contributed by atoms with E-state index < -0.39 is 37.4 Å². The zero-order valence-corrected chi connectivity index (χ0v) is 11.9. The Bertz CT molecular complexity index is 676. The normalized spacial score (nSPS) is 11.0. The number of nitro benzene ring substituents is 1. The number of nitrogens with zero attached hydrogens (tertiary/aromatic N) is 1. The first-order valence-electron chi connectivity index (χ1n) is 5.58. The second-order valence-electron chi connectivity index (χ2n) is 3.78. The van der Waals surface area contributed by atoms with Gasteiger partial charge in [0.25, 0.3) is 15.7 Å². The average Bonchev–Trinajstić information content (AvgIpc) is 2.38. The Labute approximate surface area is 119 Å². The number of ether oxygens (including phenoxy) is 1. The molecule has 116 valence electrons. The van der Waals surface area contributed by atoms with Crippen LogP contribution in [0.5, 0.6) is 0 Å². The molecule has 1 aromatic rings. The highest BCUT2D eigenvalue weighted by Crippen LogP contribution is 2.24. The van der Waals surface area contributed by atoms with Crippen molar-refractivity contribution in [3.63, 3.8) is 0 Å². The van der Waals surface area contributed by atoms with E-state index in [2.05, 4.69) is 4.74 Å². The van der Waals surface area contributed by atoms with Crippen LogP contribution in [-0.4, -0.2) is 26.0 Å². The molecule has 9 nitrogen and oxygen atoms in total. The largest absolute Gasteiger partial charge is 0.449 e. The zero-order chi connectivity index (χ0) is 16.2. The molecule has 0 aromatic heterocycles. The average molecular weight is 321 g/mol. The van der Waals surface area contributed by atoms with Crippen molar-refractivity contribution in [1.82, 2.24) is 10.3 Å². The molecule has 21 heavy (non-hydrogen) atoms. The Morgan fingerprint density at radius 1 is 1.48 bits per heavy atom. The summed E-state index contributed by atoms with van der Waals surface area (Å²) >= 11 is 0. The zero-order valence-electron chi connectivity index (χ0n) is 11.0. The van der Waals surface area contributed by atoms with Gasteiger partial charge in [-0.05, 0) is 19.9 Å². The molecular weight excluding hydrogens is 309 g/mol. The van der Waals surface area contributed by atoms with Crippen LogP contribution in [0, 0.1) is 22.9 Å². The van der Waals surface area contributed by atoms with Gasteiger partial charge in [-0.25, -0.2) is 23.0 Å². The molecular formula is C10H12FN3O6S. The number of sulfonamides is 1. The maximum atomic E-state index is 13.7. The number of rotatable bonds is 5. The molecule has 2 N–H and O–H groups in total. The molecule has 0 aliphatic heterocycles. The summed E-state index contributed by atoms with van der Waals surface area (Å²) in [7, 11) is -4.43. The highest BCUT2D eigenvalue weighted by atomic mass is 32.2.